The zero-order valence-electron chi connectivity index (χ0n) is 15.1. The summed E-state index contributed by atoms with van der Waals surface area (Å²) in [5, 5.41) is 2.81. The van der Waals surface area contributed by atoms with Gasteiger partial charge < -0.3 is 10.3 Å². The number of nitrogens with zero attached hydrogens (tertiary/aromatic N) is 2. The second-order valence-corrected chi connectivity index (χ2v) is 8.15. The molecule has 28 heavy (non-hydrogen) atoms. The van der Waals surface area contributed by atoms with E-state index >= 15 is 0 Å². The lowest BCUT2D eigenvalue weighted by Crippen LogP contribution is -2.35. The van der Waals surface area contributed by atoms with Crippen molar-refractivity contribution in [2.24, 2.45) is 4.99 Å². The maximum Gasteiger partial charge on any atom is 0.263 e. The van der Waals surface area contributed by atoms with E-state index in [2.05, 4.69) is 25.0 Å². The number of sulfonamides is 1. The minimum absolute atomic E-state index is 0.172. The fourth-order valence-corrected chi connectivity index (χ4v) is 4.30. The van der Waals surface area contributed by atoms with E-state index in [9.17, 15) is 13.2 Å². The number of para-hydroxylation sites is 2. The van der Waals surface area contributed by atoms with Gasteiger partial charge in [0.15, 0.2) is 0 Å². The number of amidine groups is 1. The van der Waals surface area contributed by atoms with Crippen molar-refractivity contribution in [3.8, 4) is 0 Å². The average molecular weight is 397 g/mol. The first kappa shape index (κ1) is 18.2. The van der Waals surface area contributed by atoms with Crippen molar-refractivity contribution in [3.05, 3.63) is 59.9 Å². The van der Waals surface area contributed by atoms with Crippen molar-refractivity contribution in [2.75, 3.05) is 6.54 Å². The van der Waals surface area contributed by atoms with Crippen LogP contribution in [0.5, 0.6) is 0 Å². The lowest BCUT2D eigenvalue weighted by molar-refractivity contribution is -0.121. The van der Waals surface area contributed by atoms with Crippen molar-refractivity contribution in [3.63, 3.8) is 0 Å². The van der Waals surface area contributed by atoms with E-state index in [0.29, 0.717) is 18.5 Å². The van der Waals surface area contributed by atoms with Crippen LogP contribution in [-0.2, 0) is 21.2 Å². The molecule has 0 saturated carbocycles. The highest BCUT2D eigenvalue weighted by Crippen LogP contribution is 2.22. The van der Waals surface area contributed by atoms with Gasteiger partial charge in [0.2, 0.25) is 5.91 Å². The molecule has 0 aliphatic carbocycles. The van der Waals surface area contributed by atoms with E-state index in [1.165, 1.54) is 6.07 Å². The number of benzene rings is 2. The highest BCUT2D eigenvalue weighted by atomic mass is 32.2. The quantitative estimate of drug-likeness (QED) is 0.602. The van der Waals surface area contributed by atoms with Crippen LogP contribution in [-0.4, -0.2) is 42.7 Å². The molecule has 0 fully saturated rings. The number of nitrogens with one attached hydrogen (secondary N) is 3. The number of amides is 1. The third-order valence-electron chi connectivity index (χ3n) is 4.46. The summed E-state index contributed by atoms with van der Waals surface area (Å²) in [6.07, 6.45) is 0.555. The zero-order valence-corrected chi connectivity index (χ0v) is 16.0. The molecule has 0 radical (unpaired) electrons. The first-order valence-corrected chi connectivity index (χ1v) is 10.3. The normalized spacial score (nSPS) is 17.2. The third kappa shape index (κ3) is 3.48. The lowest BCUT2D eigenvalue weighted by atomic mass is 10.2. The average Bonchev–Trinajstić information content (AvgIpc) is 3.20. The third-order valence-corrected chi connectivity index (χ3v) is 5.86. The summed E-state index contributed by atoms with van der Waals surface area (Å²) in [6, 6.07) is 13.5. The van der Waals surface area contributed by atoms with Gasteiger partial charge in [-0.05, 0) is 31.2 Å². The molecule has 144 valence electrons. The minimum atomic E-state index is -3.62. The first-order valence-electron chi connectivity index (χ1n) is 8.85. The molecule has 1 atom stereocenters. The standard InChI is InChI=1S/C19H19N5O3S/c1-12(21-18-13-6-2-5-9-16(13)28(26,27)24-18)19(25)20-11-10-17-22-14-7-3-4-8-15(14)23-17/h2-9,12H,10-11H2,1H3,(H,20,25)(H,21,24)(H,22,23)/t12-/m0/s1. The summed E-state index contributed by atoms with van der Waals surface area (Å²) in [6.45, 7) is 2.02. The number of carbonyl (C=O) groups excluding carboxylic acids is 1. The Hall–Kier alpha value is -3.20. The molecule has 0 unspecified atom stereocenters. The molecule has 3 N–H and O–H groups in total. The van der Waals surface area contributed by atoms with Crippen LogP contribution < -0.4 is 10.0 Å². The Morgan fingerprint density at radius 1 is 1.18 bits per heavy atom. The van der Waals surface area contributed by atoms with E-state index in [1.54, 1.807) is 25.1 Å². The zero-order chi connectivity index (χ0) is 19.7. The maximum atomic E-state index is 12.3. The number of aromatic nitrogens is 2. The Bertz CT molecular complexity index is 1150. The molecule has 9 heteroatoms. The van der Waals surface area contributed by atoms with Crippen molar-refractivity contribution in [1.82, 2.24) is 20.0 Å². The van der Waals surface area contributed by atoms with E-state index < -0.39 is 16.1 Å². The predicted molar refractivity (Wildman–Crippen MR) is 106 cm³/mol. The summed E-state index contributed by atoms with van der Waals surface area (Å²) in [7, 11) is -3.62. The first-order chi connectivity index (χ1) is 13.4. The number of H-pyrrole nitrogens is 1. The fourth-order valence-electron chi connectivity index (χ4n) is 3.06. The highest BCUT2D eigenvalue weighted by Gasteiger charge is 2.31. The number of aliphatic imine (C=N–C) groups is 1. The van der Waals surface area contributed by atoms with Crippen LogP contribution in [0, 0.1) is 0 Å². The number of hydrogen-bond donors (Lipinski definition) is 3. The van der Waals surface area contributed by atoms with Crippen LogP contribution in [0.25, 0.3) is 11.0 Å². The van der Waals surface area contributed by atoms with Crippen LogP contribution in [0.2, 0.25) is 0 Å². The van der Waals surface area contributed by atoms with Gasteiger partial charge in [-0.15, -0.1) is 0 Å². The van der Waals surface area contributed by atoms with E-state index in [4.69, 9.17) is 0 Å². The summed E-state index contributed by atoms with van der Waals surface area (Å²) >= 11 is 0. The molecular formula is C19H19N5O3S. The molecule has 8 nitrogen and oxygen atoms in total. The van der Waals surface area contributed by atoms with Gasteiger partial charge in [-0.25, -0.2) is 13.4 Å². The second-order valence-electron chi connectivity index (χ2n) is 6.50. The molecule has 1 aliphatic heterocycles. The van der Waals surface area contributed by atoms with Gasteiger partial charge in [0.25, 0.3) is 10.0 Å². The monoisotopic (exact) mass is 397 g/mol. The van der Waals surface area contributed by atoms with Gasteiger partial charge >= 0.3 is 0 Å². The molecule has 1 aromatic heterocycles. The summed E-state index contributed by atoms with van der Waals surface area (Å²) in [4.78, 5) is 24.5. The van der Waals surface area contributed by atoms with Crippen molar-refractivity contribution < 1.29 is 13.2 Å². The summed E-state index contributed by atoms with van der Waals surface area (Å²) in [5.41, 5.74) is 2.32. The van der Waals surface area contributed by atoms with Gasteiger partial charge in [-0.3, -0.25) is 14.5 Å². The van der Waals surface area contributed by atoms with Crippen LogP contribution in [0.1, 0.15) is 18.3 Å². The molecule has 0 saturated heterocycles. The van der Waals surface area contributed by atoms with Gasteiger partial charge in [0, 0.05) is 18.5 Å². The van der Waals surface area contributed by atoms with E-state index in [1.807, 2.05) is 24.3 Å². The molecule has 2 aromatic carbocycles. The molecule has 2 heterocycles. The van der Waals surface area contributed by atoms with E-state index in [-0.39, 0.29) is 16.6 Å². The summed E-state index contributed by atoms with van der Waals surface area (Å²) < 4.78 is 26.6. The number of imidazole rings is 1. The summed E-state index contributed by atoms with van der Waals surface area (Å²) in [5.74, 6) is 0.695. The molecular weight excluding hydrogens is 378 g/mol. The largest absolute Gasteiger partial charge is 0.354 e. The minimum Gasteiger partial charge on any atom is -0.354 e. The Labute approximate surface area is 162 Å². The van der Waals surface area contributed by atoms with Gasteiger partial charge in [0.1, 0.15) is 17.7 Å². The molecule has 1 aliphatic rings. The lowest BCUT2D eigenvalue weighted by Gasteiger charge is -2.09. The number of hydrogen-bond acceptors (Lipinski definition) is 5. The number of rotatable bonds is 5. The SMILES string of the molecule is C[C@H](N=C1NS(=O)(=O)c2ccccc21)C(=O)NCCc1nc2ccccc2[nH]1. The fraction of sp³-hybridized carbons (Fsp3) is 0.211. The number of fused-ring (bicyclic) bond motifs is 2. The van der Waals surface area contributed by atoms with Crippen LogP contribution >= 0.6 is 0 Å². The Morgan fingerprint density at radius 2 is 1.93 bits per heavy atom. The van der Waals surface area contributed by atoms with Gasteiger partial charge in [-0.1, -0.05) is 24.3 Å². The smallest absolute Gasteiger partial charge is 0.263 e. The molecule has 3 aromatic rings. The van der Waals surface area contributed by atoms with E-state index in [0.717, 1.165) is 16.9 Å². The molecule has 1 amide bonds. The van der Waals surface area contributed by atoms with Crippen LogP contribution in [0.3, 0.4) is 0 Å². The molecule has 0 bridgehead atoms. The second kappa shape index (κ2) is 7.08. The van der Waals surface area contributed by atoms with Gasteiger partial charge in [-0.2, -0.15) is 0 Å². The van der Waals surface area contributed by atoms with Crippen molar-refractivity contribution >= 4 is 32.8 Å². The maximum absolute atomic E-state index is 12.3. The Balaban J connectivity index is 1.39. The number of carbonyl (C=O) groups is 1. The van der Waals surface area contributed by atoms with Crippen LogP contribution in [0.4, 0.5) is 0 Å². The van der Waals surface area contributed by atoms with Crippen LogP contribution in [0.15, 0.2) is 58.4 Å². The van der Waals surface area contributed by atoms with Gasteiger partial charge in [0.05, 0.1) is 15.9 Å². The molecule has 4 rings (SSSR count). The Kier molecular flexibility index (Phi) is 4.60. The predicted octanol–water partition coefficient (Wildman–Crippen LogP) is 1.35. The van der Waals surface area contributed by atoms with Crippen molar-refractivity contribution in [1.29, 1.82) is 0 Å². The number of aromatic amines is 1. The molecule has 0 spiro atoms. The topological polar surface area (TPSA) is 116 Å². The highest BCUT2D eigenvalue weighted by molar-refractivity contribution is 7.90. The Morgan fingerprint density at radius 3 is 2.75 bits per heavy atom. The van der Waals surface area contributed by atoms with Crippen molar-refractivity contribution in [2.45, 2.75) is 24.3 Å².